The molecule has 0 aliphatic carbocycles. The summed E-state index contributed by atoms with van der Waals surface area (Å²) >= 11 is 0. The van der Waals surface area contributed by atoms with Crippen LogP contribution < -0.4 is 4.74 Å². The van der Waals surface area contributed by atoms with Crippen molar-refractivity contribution >= 4 is 5.97 Å². The van der Waals surface area contributed by atoms with E-state index in [0.717, 1.165) is 26.2 Å². The molecule has 0 radical (unpaired) electrons. The molecular weight excluding hydrogens is 411 g/mol. The molecule has 0 saturated carbocycles. The van der Waals surface area contributed by atoms with E-state index in [2.05, 4.69) is 0 Å². The molecular formula is C21H19F5O4. The van der Waals surface area contributed by atoms with Gasteiger partial charge in [-0.1, -0.05) is 31.2 Å². The highest BCUT2D eigenvalue weighted by atomic mass is 19.4. The Morgan fingerprint density at radius 2 is 1.73 bits per heavy atom. The van der Waals surface area contributed by atoms with Crippen LogP contribution in [-0.2, 0) is 9.47 Å². The van der Waals surface area contributed by atoms with Crippen molar-refractivity contribution in [3.63, 3.8) is 0 Å². The first-order valence-electron chi connectivity index (χ1n) is 9.03. The maximum atomic E-state index is 14.3. The van der Waals surface area contributed by atoms with Crippen LogP contribution in [0.4, 0.5) is 22.0 Å². The molecule has 1 heterocycles. The fourth-order valence-corrected chi connectivity index (χ4v) is 3.60. The Kier molecular flexibility index (Phi) is 5.77. The lowest BCUT2D eigenvalue weighted by Gasteiger charge is -2.31. The third kappa shape index (κ3) is 3.62. The zero-order valence-corrected chi connectivity index (χ0v) is 16.3. The zero-order chi connectivity index (χ0) is 22.3. The van der Waals surface area contributed by atoms with Gasteiger partial charge in [-0.15, -0.1) is 0 Å². The van der Waals surface area contributed by atoms with Crippen LogP contribution in [0.5, 0.6) is 5.75 Å². The van der Waals surface area contributed by atoms with Crippen LogP contribution in [0.25, 0.3) is 0 Å². The molecule has 4 nitrogen and oxygen atoms in total. The first-order valence-corrected chi connectivity index (χ1v) is 9.03. The summed E-state index contributed by atoms with van der Waals surface area (Å²) in [4.78, 5) is 12.5. The molecule has 0 amide bonds. The van der Waals surface area contributed by atoms with E-state index >= 15 is 0 Å². The van der Waals surface area contributed by atoms with E-state index in [1.807, 2.05) is 0 Å². The van der Waals surface area contributed by atoms with Gasteiger partial charge in [0.2, 0.25) is 12.1 Å². The monoisotopic (exact) mass is 430 g/mol. The van der Waals surface area contributed by atoms with Gasteiger partial charge in [0.15, 0.2) is 17.2 Å². The van der Waals surface area contributed by atoms with Gasteiger partial charge in [0.1, 0.15) is 0 Å². The van der Waals surface area contributed by atoms with Crippen LogP contribution in [0, 0.1) is 17.6 Å². The van der Waals surface area contributed by atoms with Crippen molar-refractivity contribution in [2.75, 3.05) is 7.11 Å². The number of rotatable bonds is 4. The number of ether oxygens (including phenoxy) is 3. The largest absolute Gasteiger partial charge is 0.493 e. The SMILES string of the molecule is COc1c([C@H]2[C@H](OC(=O)c3ccccc3)O[C@@](C)(C(F)(F)F)[C@H]2C)ccc(F)c1F. The highest BCUT2D eigenvalue weighted by molar-refractivity contribution is 5.89. The molecule has 2 aromatic rings. The van der Waals surface area contributed by atoms with Gasteiger partial charge in [-0.2, -0.15) is 17.6 Å². The molecule has 0 N–H and O–H groups in total. The van der Waals surface area contributed by atoms with Gasteiger partial charge in [-0.05, 0) is 25.1 Å². The van der Waals surface area contributed by atoms with E-state index < -0.39 is 53.3 Å². The van der Waals surface area contributed by atoms with Crippen molar-refractivity contribution < 1.29 is 41.0 Å². The van der Waals surface area contributed by atoms with E-state index in [-0.39, 0.29) is 11.1 Å². The molecule has 4 atom stereocenters. The molecule has 1 aliphatic heterocycles. The van der Waals surface area contributed by atoms with E-state index in [4.69, 9.17) is 14.2 Å². The van der Waals surface area contributed by atoms with Crippen LogP contribution in [-0.4, -0.2) is 31.1 Å². The van der Waals surface area contributed by atoms with Crippen LogP contribution in [0.1, 0.15) is 35.7 Å². The smallest absolute Gasteiger partial charge is 0.417 e. The number of halogens is 5. The van der Waals surface area contributed by atoms with Crippen molar-refractivity contribution in [1.29, 1.82) is 0 Å². The third-order valence-corrected chi connectivity index (χ3v) is 5.50. The molecule has 0 unspecified atom stereocenters. The second kappa shape index (κ2) is 7.86. The van der Waals surface area contributed by atoms with E-state index in [1.165, 1.54) is 19.1 Å². The van der Waals surface area contributed by atoms with Gasteiger partial charge >= 0.3 is 12.1 Å². The summed E-state index contributed by atoms with van der Waals surface area (Å²) in [5.74, 6) is -6.64. The number of hydrogen-bond donors (Lipinski definition) is 0. The predicted octanol–water partition coefficient (Wildman–Crippen LogP) is 5.23. The first-order chi connectivity index (χ1) is 14.0. The van der Waals surface area contributed by atoms with Crippen molar-refractivity contribution in [1.82, 2.24) is 0 Å². The maximum absolute atomic E-state index is 14.3. The van der Waals surface area contributed by atoms with Crippen LogP contribution in [0.3, 0.4) is 0 Å². The Labute approximate surface area is 169 Å². The molecule has 0 bridgehead atoms. The summed E-state index contributed by atoms with van der Waals surface area (Å²) in [5, 5.41) is 0. The molecule has 3 rings (SSSR count). The lowest BCUT2D eigenvalue weighted by molar-refractivity contribution is -0.291. The maximum Gasteiger partial charge on any atom is 0.417 e. The Hall–Kier alpha value is -2.68. The van der Waals surface area contributed by atoms with Gasteiger partial charge in [0, 0.05) is 11.5 Å². The van der Waals surface area contributed by atoms with Crippen LogP contribution >= 0.6 is 0 Å². The van der Waals surface area contributed by atoms with Crippen molar-refractivity contribution in [3.8, 4) is 5.75 Å². The van der Waals surface area contributed by atoms with Crippen LogP contribution in [0.15, 0.2) is 42.5 Å². The molecule has 1 aliphatic rings. The average Bonchev–Trinajstić information content (AvgIpc) is 2.95. The number of methoxy groups -OCH3 is 1. The molecule has 0 spiro atoms. The summed E-state index contributed by atoms with van der Waals surface area (Å²) in [7, 11) is 1.07. The number of benzene rings is 2. The second-order valence-corrected chi connectivity index (χ2v) is 7.16. The summed E-state index contributed by atoms with van der Waals surface area (Å²) in [6.45, 7) is 2.07. The summed E-state index contributed by atoms with van der Waals surface area (Å²) in [6, 6.07) is 9.51. The summed E-state index contributed by atoms with van der Waals surface area (Å²) in [5.41, 5.74) is -2.69. The van der Waals surface area contributed by atoms with E-state index in [1.54, 1.807) is 18.2 Å². The fourth-order valence-electron chi connectivity index (χ4n) is 3.60. The summed E-state index contributed by atoms with van der Waals surface area (Å²) in [6.07, 6.45) is -6.53. The van der Waals surface area contributed by atoms with Gasteiger partial charge < -0.3 is 14.2 Å². The van der Waals surface area contributed by atoms with Gasteiger partial charge in [-0.3, -0.25) is 0 Å². The normalized spacial score (nSPS) is 26.5. The lowest BCUT2D eigenvalue weighted by atomic mass is 9.79. The van der Waals surface area contributed by atoms with Crippen molar-refractivity contribution in [2.24, 2.45) is 5.92 Å². The number of alkyl halides is 3. The number of carbonyl (C=O) groups is 1. The van der Waals surface area contributed by atoms with Gasteiger partial charge in [0.25, 0.3) is 0 Å². The Bertz CT molecular complexity index is 931. The Balaban J connectivity index is 2.07. The highest BCUT2D eigenvalue weighted by Crippen LogP contribution is 2.55. The van der Waals surface area contributed by atoms with E-state index in [9.17, 15) is 26.7 Å². The molecule has 0 aromatic heterocycles. The molecule has 30 heavy (non-hydrogen) atoms. The minimum absolute atomic E-state index is 0.0947. The minimum Gasteiger partial charge on any atom is -0.493 e. The van der Waals surface area contributed by atoms with Crippen molar-refractivity contribution in [3.05, 3.63) is 65.2 Å². The van der Waals surface area contributed by atoms with E-state index in [0.29, 0.717) is 0 Å². The zero-order valence-electron chi connectivity index (χ0n) is 16.3. The quantitative estimate of drug-likeness (QED) is 0.493. The Morgan fingerprint density at radius 1 is 1.10 bits per heavy atom. The fraction of sp³-hybridized carbons (Fsp3) is 0.381. The van der Waals surface area contributed by atoms with Gasteiger partial charge in [0.05, 0.1) is 18.6 Å². The standard InChI is InChI=1S/C21H19F5O4/c1-11-15(13-9-10-14(22)16(23)17(13)28-3)19(30-20(11,2)21(24,25)26)29-18(27)12-7-5-4-6-8-12/h4-11,15,19H,1-3H3/t11-,15-,19+,20+/m0/s1. The van der Waals surface area contributed by atoms with Crippen molar-refractivity contribution in [2.45, 2.75) is 37.8 Å². The minimum atomic E-state index is -4.82. The molecule has 1 saturated heterocycles. The number of esters is 1. The third-order valence-electron chi connectivity index (χ3n) is 5.50. The van der Waals surface area contributed by atoms with Crippen LogP contribution in [0.2, 0.25) is 0 Å². The topological polar surface area (TPSA) is 44.8 Å². The lowest BCUT2D eigenvalue weighted by Crippen LogP contribution is -2.47. The molecule has 2 aromatic carbocycles. The molecule has 1 fully saturated rings. The first kappa shape index (κ1) is 22.0. The number of carbonyl (C=O) groups excluding carboxylic acids is 1. The van der Waals surface area contributed by atoms with Gasteiger partial charge in [-0.25, -0.2) is 9.18 Å². The summed E-state index contributed by atoms with van der Waals surface area (Å²) < 4.78 is 84.7. The second-order valence-electron chi connectivity index (χ2n) is 7.16. The number of hydrogen-bond acceptors (Lipinski definition) is 4. The highest BCUT2D eigenvalue weighted by Gasteiger charge is 2.65. The molecule has 162 valence electrons. The predicted molar refractivity (Wildman–Crippen MR) is 96.0 cm³/mol. The molecule has 9 heteroatoms. The average molecular weight is 430 g/mol. The Morgan fingerprint density at radius 3 is 2.30 bits per heavy atom.